The van der Waals surface area contributed by atoms with E-state index < -0.39 is 66.0 Å². The van der Waals surface area contributed by atoms with Crippen LogP contribution in [0.4, 0.5) is 5.95 Å². The molecule has 7 N–H and O–H groups in total. The van der Waals surface area contributed by atoms with Crippen LogP contribution in [0.2, 0.25) is 0 Å². The van der Waals surface area contributed by atoms with Gasteiger partial charge in [-0.3, -0.25) is 18.9 Å². The van der Waals surface area contributed by atoms with Crippen molar-refractivity contribution in [3.05, 3.63) is 16.7 Å². The van der Waals surface area contributed by atoms with Gasteiger partial charge in [0.15, 0.2) is 23.2 Å². The minimum Gasteiger partial charge on any atom is -0.369 e. The first kappa shape index (κ1) is 28.4. The lowest BCUT2D eigenvalue weighted by molar-refractivity contribution is -0.222. The number of nitrogen functional groups attached to an aromatic ring is 1. The van der Waals surface area contributed by atoms with Crippen LogP contribution in [0.3, 0.4) is 0 Å². The Labute approximate surface area is 207 Å². The minimum absolute atomic E-state index is 0.0396. The van der Waals surface area contributed by atoms with Gasteiger partial charge in [-0.25, -0.2) is 18.7 Å². The van der Waals surface area contributed by atoms with Crippen LogP contribution >= 0.6 is 23.5 Å². The normalized spacial score (nSPS) is 28.7. The Hall–Kier alpha value is -1.56. The lowest BCUT2D eigenvalue weighted by atomic mass is 10.1. The largest absolute Gasteiger partial charge is 0.490 e. The summed E-state index contributed by atoms with van der Waals surface area (Å²) in [6.45, 7) is 2.86. The average Bonchev–Trinajstić information content (AvgIpc) is 3.41. The highest BCUT2D eigenvalue weighted by molar-refractivity contribution is 7.66. The van der Waals surface area contributed by atoms with Gasteiger partial charge in [0.25, 0.3) is 5.56 Å². The molecule has 2 aromatic rings. The van der Waals surface area contributed by atoms with Crippen LogP contribution in [-0.4, -0.2) is 69.8 Å². The summed E-state index contributed by atoms with van der Waals surface area (Å²) in [6.07, 6.45) is -1.83. The molecular weight excluding hydrogens is 567 g/mol. The number of hydrogen-bond donors (Lipinski definition) is 6. The molecule has 0 spiro atoms. The molecule has 4 heterocycles. The Morgan fingerprint density at radius 2 is 1.76 bits per heavy atom. The molecule has 6 atom stereocenters. The third-order valence-electron chi connectivity index (χ3n) is 5.61. The van der Waals surface area contributed by atoms with E-state index in [9.17, 15) is 28.3 Å². The molecule has 2 saturated heterocycles. The fourth-order valence-corrected chi connectivity index (χ4v) is 7.07. The van der Waals surface area contributed by atoms with Gasteiger partial charge in [0.2, 0.25) is 5.95 Å². The minimum atomic E-state index is -5.70. The van der Waals surface area contributed by atoms with Crippen molar-refractivity contribution in [1.82, 2.24) is 19.5 Å². The third-order valence-corrected chi connectivity index (χ3v) is 9.41. The molecule has 0 bridgehead atoms. The van der Waals surface area contributed by atoms with E-state index in [0.717, 1.165) is 0 Å². The first-order valence-corrected chi connectivity index (χ1v) is 15.1. The maximum absolute atomic E-state index is 12.2. The fraction of sp³-hybridized carbons (Fsp3) is 0.667. The molecule has 0 radical (unpaired) electrons. The van der Waals surface area contributed by atoms with Crippen LogP contribution in [-0.2, 0) is 41.1 Å². The topological polar surface area (TPSA) is 277 Å². The monoisotopic (exact) mass is 591 g/mol. The first-order chi connectivity index (χ1) is 17.1. The molecule has 2 unspecified atom stereocenters. The summed E-state index contributed by atoms with van der Waals surface area (Å²) in [4.78, 5) is 59.1. The standard InChI is InChI=1S/C15H24N5O14P3/c1-3-15(4-2)31-9-7(5-29-36(25,26)34-37(27,28)33-35(22,23)24)30-13(10(9)32-15)20-6-17-8-11(20)18-14(16)19-12(8)21/h6-7,9-10,13H,3-5H2,1-2H3,(H,25,26)(H,27,28)(H2,22,23,24)(H3,16,18,19,21)/t7-,9+,10+,13-/m1/s1. The number of aromatic amines is 1. The molecule has 0 saturated carbocycles. The van der Waals surface area contributed by atoms with Crippen molar-refractivity contribution >= 4 is 40.6 Å². The second kappa shape index (κ2) is 9.88. The quantitative estimate of drug-likeness (QED) is 0.202. The van der Waals surface area contributed by atoms with Crippen LogP contribution in [0, 0.1) is 0 Å². The lowest BCUT2D eigenvalue weighted by Crippen LogP contribution is -2.35. The van der Waals surface area contributed by atoms with Crippen LogP contribution in [0.5, 0.6) is 0 Å². The number of imidazole rings is 1. The maximum Gasteiger partial charge on any atom is 0.490 e. The van der Waals surface area contributed by atoms with Crippen molar-refractivity contribution in [3.63, 3.8) is 0 Å². The molecule has 2 aliphatic heterocycles. The van der Waals surface area contributed by atoms with Gasteiger partial charge in [-0.15, -0.1) is 0 Å². The van der Waals surface area contributed by atoms with Gasteiger partial charge in [0.1, 0.15) is 18.3 Å². The zero-order chi connectivity index (χ0) is 27.4. The van der Waals surface area contributed by atoms with E-state index in [-0.39, 0.29) is 17.1 Å². The number of nitrogens with one attached hydrogen (secondary N) is 1. The molecule has 2 fully saturated rings. The second-order valence-electron chi connectivity index (χ2n) is 8.01. The van der Waals surface area contributed by atoms with Gasteiger partial charge in [-0.2, -0.15) is 13.6 Å². The van der Waals surface area contributed by atoms with Gasteiger partial charge in [0, 0.05) is 0 Å². The first-order valence-electron chi connectivity index (χ1n) is 10.6. The zero-order valence-electron chi connectivity index (χ0n) is 19.1. The predicted molar refractivity (Wildman–Crippen MR) is 119 cm³/mol. The number of nitrogens with two attached hydrogens (primary N) is 1. The van der Waals surface area contributed by atoms with E-state index in [2.05, 4.69) is 23.6 Å². The zero-order valence-corrected chi connectivity index (χ0v) is 21.8. The Morgan fingerprint density at radius 1 is 1.11 bits per heavy atom. The summed E-state index contributed by atoms with van der Waals surface area (Å²) >= 11 is 0. The SMILES string of the molecule is CCC1(CC)O[C@@H]2[C@H](O1)[C@H](n1cnc3c(=O)[nH]c(N)nc31)O[C@@H]2COP(=O)(O)OP(=O)(O)OP(=O)(O)O. The second-order valence-corrected chi connectivity index (χ2v) is 12.4. The number of anilines is 1. The van der Waals surface area contributed by atoms with E-state index in [1.807, 2.05) is 13.8 Å². The van der Waals surface area contributed by atoms with Gasteiger partial charge in [-0.05, 0) is 12.8 Å². The number of rotatable bonds is 10. The summed E-state index contributed by atoms with van der Waals surface area (Å²) in [5.41, 5.74) is 5.08. The molecule has 22 heteroatoms. The summed E-state index contributed by atoms with van der Waals surface area (Å²) < 4.78 is 66.3. The molecule has 0 aliphatic carbocycles. The number of phosphoric acid groups is 3. The fourth-order valence-electron chi connectivity index (χ4n) is 4.04. The predicted octanol–water partition coefficient (Wildman–Crippen LogP) is 0.243. The number of hydrogen-bond acceptors (Lipinski definition) is 13. The van der Waals surface area contributed by atoms with E-state index in [0.29, 0.717) is 12.8 Å². The highest BCUT2D eigenvalue weighted by atomic mass is 31.3. The Bertz CT molecular complexity index is 1370. The average molecular weight is 591 g/mol. The van der Waals surface area contributed by atoms with Crippen LogP contribution < -0.4 is 11.3 Å². The summed E-state index contributed by atoms with van der Waals surface area (Å²) in [5, 5.41) is 0. The number of H-pyrrole nitrogens is 1. The Morgan fingerprint density at radius 3 is 2.38 bits per heavy atom. The van der Waals surface area contributed by atoms with Crippen molar-refractivity contribution in [1.29, 1.82) is 0 Å². The number of ether oxygens (including phenoxy) is 3. The molecule has 208 valence electrons. The smallest absolute Gasteiger partial charge is 0.369 e. The van der Waals surface area contributed by atoms with Crippen LogP contribution in [0.1, 0.15) is 32.9 Å². The highest BCUT2D eigenvalue weighted by Crippen LogP contribution is 2.66. The summed E-state index contributed by atoms with van der Waals surface area (Å²) in [7, 11) is -16.7. The van der Waals surface area contributed by atoms with Crippen LogP contribution in [0.15, 0.2) is 11.1 Å². The van der Waals surface area contributed by atoms with Crippen molar-refractivity contribution in [3.8, 4) is 0 Å². The Balaban J connectivity index is 1.59. The van der Waals surface area contributed by atoms with Crippen LogP contribution in [0.25, 0.3) is 11.2 Å². The third kappa shape index (κ3) is 6.04. The molecule has 0 amide bonds. The number of phosphoric ester groups is 1. The van der Waals surface area contributed by atoms with Crippen molar-refractivity contribution in [2.45, 2.75) is 57.0 Å². The van der Waals surface area contributed by atoms with Gasteiger partial charge < -0.3 is 39.5 Å². The molecule has 37 heavy (non-hydrogen) atoms. The van der Waals surface area contributed by atoms with Gasteiger partial charge in [-0.1, -0.05) is 13.8 Å². The van der Waals surface area contributed by atoms with Gasteiger partial charge in [0.05, 0.1) is 12.9 Å². The molecule has 2 aromatic heterocycles. The molecule has 19 nitrogen and oxygen atoms in total. The summed E-state index contributed by atoms with van der Waals surface area (Å²) in [6, 6.07) is 0. The molecule has 0 aromatic carbocycles. The Kier molecular flexibility index (Phi) is 7.59. The van der Waals surface area contributed by atoms with Crippen molar-refractivity contribution in [2.75, 3.05) is 12.3 Å². The van der Waals surface area contributed by atoms with E-state index in [4.69, 9.17) is 34.3 Å². The van der Waals surface area contributed by atoms with Crippen molar-refractivity contribution < 1.29 is 60.6 Å². The van der Waals surface area contributed by atoms with E-state index >= 15 is 0 Å². The van der Waals surface area contributed by atoms with Gasteiger partial charge >= 0.3 is 23.5 Å². The molecule has 4 rings (SSSR count). The number of nitrogens with zero attached hydrogens (tertiary/aromatic N) is 3. The molecule has 2 aliphatic rings. The summed E-state index contributed by atoms with van der Waals surface area (Å²) in [5.74, 6) is -1.23. The highest BCUT2D eigenvalue weighted by Gasteiger charge is 2.58. The maximum atomic E-state index is 12.2. The van der Waals surface area contributed by atoms with Crippen molar-refractivity contribution in [2.24, 2.45) is 0 Å². The number of aromatic nitrogens is 4. The lowest BCUT2D eigenvalue weighted by Gasteiger charge is -2.29. The molecular formula is C15H24N5O14P3. The van der Waals surface area contributed by atoms with E-state index in [1.165, 1.54) is 10.9 Å². The van der Waals surface area contributed by atoms with E-state index in [1.54, 1.807) is 0 Å². The number of fused-ring (bicyclic) bond motifs is 2.